The maximum Gasteiger partial charge on any atom is 0.272 e. The highest BCUT2D eigenvalue weighted by Crippen LogP contribution is 2.23. The second-order valence-corrected chi connectivity index (χ2v) is 4.26. The highest BCUT2D eigenvalue weighted by atomic mass is 16.6. The summed E-state index contributed by atoms with van der Waals surface area (Å²) in [7, 11) is 1.80. The molecule has 0 saturated heterocycles. The average molecular weight is 273 g/mol. The summed E-state index contributed by atoms with van der Waals surface area (Å²) in [4.78, 5) is 14.7. The maximum absolute atomic E-state index is 10.7. The van der Waals surface area contributed by atoms with E-state index in [1.165, 1.54) is 6.07 Å². The third-order valence-corrected chi connectivity index (χ3v) is 2.81. The summed E-state index contributed by atoms with van der Waals surface area (Å²) in [6.45, 7) is 2.00. The van der Waals surface area contributed by atoms with Crippen LogP contribution in [0.2, 0.25) is 0 Å². The summed E-state index contributed by atoms with van der Waals surface area (Å²) >= 11 is 0. The summed E-state index contributed by atoms with van der Waals surface area (Å²) < 4.78 is 5.59. The van der Waals surface area contributed by atoms with Crippen LogP contribution >= 0.6 is 0 Å². The molecule has 0 bridgehead atoms. The molecule has 0 aliphatic carbocycles. The molecular weight excluding hydrogens is 258 g/mol. The van der Waals surface area contributed by atoms with E-state index in [0.717, 1.165) is 11.5 Å². The zero-order valence-electron chi connectivity index (χ0n) is 11.3. The van der Waals surface area contributed by atoms with Crippen molar-refractivity contribution in [3.8, 4) is 5.75 Å². The quantitative estimate of drug-likeness (QED) is 0.669. The van der Waals surface area contributed by atoms with Crippen LogP contribution in [0.1, 0.15) is 11.3 Å². The van der Waals surface area contributed by atoms with Crippen LogP contribution in [0.5, 0.6) is 5.75 Å². The molecule has 2 aromatic rings. The summed E-state index contributed by atoms with van der Waals surface area (Å²) in [6, 6.07) is 10.3. The first-order chi connectivity index (χ1) is 9.60. The van der Waals surface area contributed by atoms with Crippen LogP contribution in [0.25, 0.3) is 0 Å². The van der Waals surface area contributed by atoms with Crippen molar-refractivity contribution in [3.05, 3.63) is 57.8 Å². The lowest BCUT2D eigenvalue weighted by atomic mass is 10.2. The van der Waals surface area contributed by atoms with E-state index in [0.29, 0.717) is 17.9 Å². The summed E-state index contributed by atoms with van der Waals surface area (Å²) in [5.41, 5.74) is 1.45. The number of aryl methyl sites for hydroxylation is 1. The average Bonchev–Trinajstić information content (AvgIpc) is 2.45. The van der Waals surface area contributed by atoms with Crippen LogP contribution in [0, 0.1) is 17.0 Å². The molecule has 0 aliphatic rings. The molecule has 104 valence electrons. The first-order valence-electron chi connectivity index (χ1n) is 6.11. The van der Waals surface area contributed by atoms with Crippen LogP contribution < -0.4 is 10.1 Å². The number of pyridine rings is 1. The molecule has 20 heavy (non-hydrogen) atoms. The normalized spacial score (nSPS) is 10.1. The molecule has 0 spiro atoms. The molecule has 1 aromatic carbocycles. The lowest BCUT2D eigenvalue weighted by Crippen LogP contribution is -2.01. The molecule has 1 aromatic heterocycles. The largest absolute Gasteiger partial charge is 0.487 e. The molecule has 0 aliphatic heterocycles. The predicted octanol–water partition coefficient (Wildman–Crippen LogP) is 2.92. The lowest BCUT2D eigenvalue weighted by Gasteiger charge is -2.08. The SMILES string of the molecule is CNc1cccc(COc2ccc([N+](=O)[O-])c(C)c2)n1. The number of hydrogen-bond acceptors (Lipinski definition) is 5. The van der Waals surface area contributed by atoms with E-state index >= 15 is 0 Å². The minimum atomic E-state index is -0.406. The number of nitro groups is 1. The van der Waals surface area contributed by atoms with Gasteiger partial charge in [-0.1, -0.05) is 6.07 Å². The number of anilines is 1. The summed E-state index contributed by atoms with van der Waals surface area (Å²) in [6.07, 6.45) is 0. The number of ether oxygens (including phenoxy) is 1. The predicted molar refractivity (Wildman–Crippen MR) is 75.9 cm³/mol. The topological polar surface area (TPSA) is 77.3 Å². The van der Waals surface area contributed by atoms with Crippen molar-refractivity contribution in [1.29, 1.82) is 0 Å². The monoisotopic (exact) mass is 273 g/mol. The molecule has 6 nitrogen and oxygen atoms in total. The Kier molecular flexibility index (Phi) is 4.14. The number of aromatic nitrogens is 1. The van der Waals surface area contributed by atoms with Gasteiger partial charge in [0.1, 0.15) is 18.2 Å². The van der Waals surface area contributed by atoms with Gasteiger partial charge in [0, 0.05) is 18.7 Å². The number of hydrogen-bond donors (Lipinski definition) is 1. The van der Waals surface area contributed by atoms with E-state index in [1.807, 2.05) is 18.2 Å². The fourth-order valence-electron chi connectivity index (χ4n) is 1.78. The van der Waals surface area contributed by atoms with Gasteiger partial charge < -0.3 is 10.1 Å². The molecule has 6 heteroatoms. The van der Waals surface area contributed by atoms with Crippen LogP contribution in [0.4, 0.5) is 11.5 Å². The Hall–Kier alpha value is -2.63. The van der Waals surface area contributed by atoms with Gasteiger partial charge in [-0.25, -0.2) is 4.98 Å². The molecular formula is C14H15N3O3. The van der Waals surface area contributed by atoms with E-state index in [2.05, 4.69) is 10.3 Å². The van der Waals surface area contributed by atoms with Crippen molar-refractivity contribution in [3.63, 3.8) is 0 Å². The maximum atomic E-state index is 10.7. The van der Waals surface area contributed by atoms with Gasteiger partial charge in [-0.15, -0.1) is 0 Å². The second kappa shape index (κ2) is 6.01. The Bertz CT molecular complexity index is 629. The van der Waals surface area contributed by atoms with Crippen LogP contribution in [-0.2, 0) is 6.61 Å². The third-order valence-electron chi connectivity index (χ3n) is 2.81. The van der Waals surface area contributed by atoms with Crippen LogP contribution in [-0.4, -0.2) is 17.0 Å². The number of rotatable bonds is 5. The van der Waals surface area contributed by atoms with Crippen LogP contribution in [0.15, 0.2) is 36.4 Å². The van der Waals surface area contributed by atoms with Gasteiger partial charge in [0.25, 0.3) is 5.69 Å². The van der Waals surface area contributed by atoms with E-state index in [-0.39, 0.29) is 5.69 Å². The van der Waals surface area contributed by atoms with Crippen molar-refractivity contribution in [2.45, 2.75) is 13.5 Å². The Morgan fingerprint density at radius 2 is 2.15 bits per heavy atom. The summed E-state index contributed by atoms with van der Waals surface area (Å²) in [5.74, 6) is 1.36. The minimum absolute atomic E-state index is 0.0904. The van der Waals surface area contributed by atoms with E-state index in [9.17, 15) is 10.1 Å². The number of benzene rings is 1. The first-order valence-corrected chi connectivity index (χ1v) is 6.11. The van der Waals surface area contributed by atoms with Crippen molar-refractivity contribution < 1.29 is 9.66 Å². The second-order valence-electron chi connectivity index (χ2n) is 4.26. The lowest BCUT2D eigenvalue weighted by molar-refractivity contribution is -0.385. The van der Waals surface area contributed by atoms with Crippen LogP contribution in [0.3, 0.4) is 0 Å². The molecule has 0 fully saturated rings. The van der Waals surface area contributed by atoms with Gasteiger partial charge in [0.2, 0.25) is 0 Å². The number of nitrogens with one attached hydrogen (secondary N) is 1. The Morgan fingerprint density at radius 3 is 2.80 bits per heavy atom. The molecule has 1 heterocycles. The molecule has 0 atom stereocenters. The van der Waals surface area contributed by atoms with Crippen molar-refractivity contribution in [2.75, 3.05) is 12.4 Å². The van der Waals surface area contributed by atoms with Crippen molar-refractivity contribution in [1.82, 2.24) is 4.98 Å². The fourth-order valence-corrected chi connectivity index (χ4v) is 1.78. The zero-order chi connectivity index (χ0) is 14.5. The first kappa shape index (κ1) is 13.8. The smallest absolute Gasteiger partial charge is 0.272 e. The number of nitro benzene ring substituents is 1. The van der Waals surface area contributed by atoms with Crippen molar-refractivity contribution in [2.24, 2.45) is 0 Å². The molecule has 0 unspecified atom stereocenters. The van der Waals surface area contributed by atoms with E-state index in [1.54, 1.807) is 26.1 Å². The van der Waals surface area contributed by atoms with Gasteiger partial charge in [0.15, 0.2) is 0 Å². The van der Waals surface area contributed by atoms with Crippen molar-refractivity contribution >= 4 is 11.5 Å². The Labute approximate surface area is 116 Å². The van der Waals surface area contributed by atoms with Gasteiger partial charge in [0.05, 0.1) is 10.6 Å². The fraction of sp³-hybridized carbons (Fsp3) is 0.214. The van der Waals surface area contributed by atoms with Gasteiger partial charge in [-0.05, 0) is 31.2 Å². The Morgan fingerprint density at radius 1 is 1.35 bits per heavy atom. The molecule has 0 saturated carbocycles. The summed E-state index contributed by atoms with van der Waals surface area (Å²) in [5, 5.41) is 13.7. The van der Waals surface area contributed by atoms with Gasteiger partial charge in [-0.3, -0.25) is 10.1 Å². The minimum Gasteiger partial charge on any atom is -0.487 e. The standard InChI is InChI=1S/C14H15N3O3/c1-10-8-12(6-7-13(10)17(18)19)20-9-11-4-3-5-14(15-2)16-11/h3-8H,9H2,1-2H3,(H,15,16). The van der Waals surface area contributed by atoms with Gasteiger partial charge in [-0.2, -0.15) is 0 Å². The third kappa shape index (κ3) is 3.23. The Balaban J connectivity index is 2.07. The molecule has 1 N–H and O–H groups in total. The van der Waals surface area contributed by atoms with E-state index in [4.69, 9.17) is 4.74 Å². The number of nitrogens with zero attached hydrogens (tertiary/aromatic N) is 2. The molecule has 2 rings (SSSR count). The highest BCUT2D eigenvalue weighted by molar-refractivity contribution is 5.44. The van der Waals surface area contributed by atoms with E-state index < -0.39 is 4.92 Å². The molecule has 0 radical (unpaired) electrons. The molecule has 0 amide bonds. The zero-order valence-corrected chi connectivity index (χ0v) is 11.3. The highest BCUT2D eigenvalue weighted by Gasteiger charge is 2.10. The van der Waals surface area contributed by atoms with Gasteiger partial charge >= 0.3 is 0 Å².